The fraction of sp³-hybridized carbons (Fsp3) is 0.533. The van der Waals surface area contributed by atoms with E-state index in [-0.39, 0.29) is 23.3 Å². The van der Waals surface area contributed by atoms with Crippen molar-refractivity contribution < 1.29 is 9.13 Å². The van der Waals surface area contributed by atoms with Crippen molar-refractivity contribution in [3.05, 3.63) is 29.8 Å². The van der Waals surface area contributed by atoms with Gasteiger partial charge in [0.25, 0.3) is 0 Å². The zero-order valence-electron chi connectivity index (χ0n) is 12.1. The molecular formula is C15H20FN3O. The topological polar surface area (TPSA) is 53.1 Å². The molecule has 1 saturated heterocycles. The Balaban J connectivity index is 2.27. The predicted molar refractivity (Wildman–Crippen MR) is 76.2 cm³/mol. The summed E-state index contributed by atoms with van der Waals surface area (Å²) >= 11 is 0. The van der Waals surface area contributed by atoms with Gasteiger partial charge in [-0.3, -0.25) is 0 Å². The summed E-state index contributed by atoms with van der Waals surface area (Å²) in [5.41, 5.74) is 7.50. The first-order valence-corrected chi connectivity index (χ1v) is 6.95. The number of ether oxygens (including phenoxy) is 1. The highest BCUT2D eigenvalue weighted by Crippen LogP contribution is 2.35. The third kappa shape index (κ3) is 1.84. The molecule has 2 unspecified atom stereocenters. The highest BCUT2D eigenvalue weighted by atomic mass is 19.1. The lowest BCUT2D eigenvalue weighted by Crippen LogP contribution is -2.44. The number of nitrogens with zero attached hydrogens (tertiary/aromatic N) is 2. The van der Waals surface area contributed by atoms with Crippen LogP contribution >= 0.6 is 0 Å². The van der Waals surface area contributed by atoms with Crippen LogP contribution in [0.15, 0.2) is 18.2 Å². The van der Waals surface area contributed by atoms with Crippen LogP contribution in [0.3, 0.4) is 0 Å². The number of benzene rings is 1. The quantitative estimate of drug-likeness (QED) is 0.917. The van der Waals surface area contributed by atoms with Gasteiger partial charge < -0.3 is 15.0 Å². The molecule has 0 saturated carbocycles. The number of rotatable bonds is 2. The molecule has 2 atom stereocenters. The zero-order valence-corrected chi connectivity index (χ0v) is 12.1. The van der Waals surface area contributed by atoms with E-state index < -0.39 is 0 Å². The number of halogens is 1. The van der Waals surface area contributed by atoms with Crippen molar-refractivity contribution >= 4 is 11.0 Å². The van der Waals surface area contributed by atoms with Crippen molar-refractivity contribution in [3.8, 4) is 0 Å². The lowest BCUT2D eigenvalue weighted by atomic mass is 9.84. The Labute approximate surface area is 117 Å². The molecule has 0 bridgehead atoms. The Bertz CT molecular complexity index is 652. The van der Waals surface area contributed by atoms with E-state index in [1.807, 2.05) is 0 Å². The van der Waals surface area contributed by atoms with Crippen molar-refractivity contribution in [3.63, 3.8) is 0 Å². The molecule has 20 heavy (non-hydrogen) atoms. The van der Waals surface area contributed by atoms with Gasteiger partial charge >= 0.3 is 0 Å². The van der Waals surface area contributed by atoms with Gasteiger partial charge in [0.2, 0.25) is 0 Å². The lowest BCUT2D eigenvalue weighted by Gasteiger charge is -2.28. The second-order valence-electron chi connectivity index (χ2n) is 6.07. The van der Waals surface area contributed by atoms with Crippen LogP contribution in [-0.2, 0) is 10.2 Å². The maximum atomic E-state index is 13.4. The van der Waals surface area contributed by atoms with Gasteiger partial charge in [-0.1, -0.05) is 0 Å². The molecule has 0 amide bonds. The van der Waals surface area contributed by atoms with Crippen molar-refractivity contribution in [1.82, 2.24) is 9.55 Å². The Morgan fingerprint density at radius 2 is 2.25 bits per heavy atom. The Morgan fingerprint density at radius 3 is 2.85 bits per heavy atom. The molecule has 1 fully saturated rings. The molecule has 0 aliphatic carbocycles. The molecule has 0 spiro atoms. The minimum atomic E-state index is -0.334. The minimum Gasteiger partial charge on any atom is -0.379 e. The summed E-state index contributed by atoms with van der Waals surface area (Å²) in [4.78, 5) is 4.66. The maximum absolute atomic E-state index is 13.4. The first kappa shape index (κ1) is 13.5. The van der Waals surface area contributed by atoms with E-state index in [1.54, 1.807) is 6.07 Å². The highest BCUT2D eigenvalue weighted by molar-refractivity contribution is 5.76. The third-order valence-corrected chi connectivity index (χ3v) is 4.20. The smallest absolute Gasteiger partial charge is 0.125 e. The SMILES string of the molecule is CC(C)n1c(C2(C)COCC2N)nc2cc(F)ccc21. The fourth-order valence-electron chi connectivity index (χ4n) is 2.92. The molecule has 3 rings (SSSR count). The molecule has 1 aliphatic rings. The number of imidazole rings is 1. The standard InChI is InChI=1S/C15H20FN3O/c1-9(2)19-12-5-4-10(16)6-11(12)18-14(19)15(3)8-20-7-13(15)17/h4-6,9,13H,7-8,17H2,1-3H3. The van der Waals surface area contributed by atoms with E-state index in [9.17, 15) is 4.39 Å². The number of nitrogens with two attached hydrogens (primary N) is 1. The summed E-state index contributed by atoms with van der Waals surface area (Å²) in [6.45, 7) is 7.34. The van der Waals surface area contributed by atoms with Crippen LogP contribution in [-0.4, -0.2) is 28.8 Å². The average molecular weight is 277 g/mol. The largest absolute Gasteiger partial charge is 0.379 e. The van der Waals surface area contributed by atoms with Gasteiger partial charge in [0, 0.05) is 18.2 Å². The van der Waals surface area contributed by atoms with Gasteiger partial charge in [-0.15, -0.1) is 0 Å². The van der Waals surface area contributed by atoms with Crippen LogP contribution in [0, 0.1) is 5.82 Å². The van der Waals surface area contributed by atoms with Crippen molar-refractivity contribution in [1.29, 1.82) is 0 Å². The van der Waals surface area contributed by atoms with E-state index in [4.69, 9.17) is 10.5 Å². The van der Waals surface area contributed by atoms with Crippen molar-refractivity contribution in [2.75, 3.05) is 13.2 Å². The molecule has 5 heteroatoms. The molecule has 1 aromatic heterocycles. The Kier molecular flexibility index (Phi) is 3.06. The molecule has 2 heterocycles. The molecule has 2 N–H and O–H groups in total. The molecule has 108 valence electrons. The van der Waals surface area contributed by atoms with Crippen LogP contribution in [0.4, 0.5) is 4.39 Å². The molecule has 0 radical (unpaired) electrons. The Hall–Kier alpha value is -1.46. The van der Waals surface area contributed by atoms with Crippen LogP contribution in [0.2, 0.25) is 0 Å². The molecule has 1 aliphatic heterocycles. The van der Waals surface area contributed by atoms with Crippen LogP contribution < -0.4 is 5.73 Å². The van der Waals surface area contributed by atoms with E-state index >= 15 is 0 Å². The van der Waals surface area contributed by atoms with Crippen LogP contribution in [0.5, 0.6) is 0 Å². The normalized spacial score (nSPS) is 26.8. The summed E-state index contributed by atoms with van der Waals surface area (Å²) in [6, 6.07) is 4.86. The summed E-state index contributed by atoms with van der Waals surface area (Å²) in [7, 11) is 0. The first-order valence-electron chi connectivity index (χ1n) is 6.95. The van der Waals surface area contributed by atoms with E-state index in [0.29, 0.717) is 18.7 Å². The van der Waals surface area contributed by atoms with Crippen LogP contribution in [0.1, 0.15) is 32.6 Å². The van der Waals surface area contributed by atoms with Gasteiger partial charge in [-0.25, -0.2) is 9.37 Å². The summed E-state index contributed by atoms with van der Waals surface area (Å²) in [5, 5.41) is 0. The zero-order chi connectivity index (χ0) is 14.5. The highest BCUT2D eigenvalue weighted by Gasteiger charge is 2.43. The molecule has 1 aromatic carbocycles. The van der Waals surface area contributed by atoms with Gasteiger partial charge in [-0.2, -0.15) is 0 Å². The Morgan fingerprint density at radius 1 is 1.50 bits per heavy atom. The third-order valence-electron chi connectivity index (χ3n) is 4.20. The van der Waals surface area contributed by atoms with Gasteiger partial charge in [0.15, 0.2) is 0 Å². The molecule has 4 nitrogen and oxygen atoms in total. The van der Waals surface area contributed by atoms with Gasteiger partial charge in [0.05, 0.1) is 29.7 Å². The van der Waals surface area contributed by atoms with Crippen LogP contribution in [0.25, 0.3) is 11.0 Å². The first-order chi connectivity index (χ1) is 9.43. The van der Waals surface area contributed by atoms with Crippen molar-refractivity contribution in [2.45, 2.75) is 38.3 Å². The lowest BCUT2D eigenvalue weighted by molar-refractivity contribution is 0.177. The van der Waals surface area contributed by atoms with E-state index in [1.165, 1.54) is 12.1 Å². The van der Waals surface area contributed by atoms with Crippen molar-refractivity contribution in [2.24, 2.45) is 5.73 Å². The van der Waals surface area contributed by atoms with Gasteiger partial charge in [-0.05, 0) is 32.9 Å². The summed E-state index contributed by atoms with van der Waals surface area (Å²) in [5.74, 6) is 0.618. The van der Waals surface area contributed by atoms with Gasteiger partial charge in [0.1, 0.15) is 11.6 Å². The number of aromatic nitrogens is 2. The number of hydrogen-bond acceptors (Lipinski definition) is 3. The number of hydrogen-bond donors (Lipinski definition) is 1. The predicted octanol–water partition coefficient (Wildman–Crippen LogP) is 2.37. The maximum Gasteiger partial charge on any atom is 0.125 e. The van der Waals surface area contributed by atoms with E-state index in [2.05, 4.69) is 30.3 Å². The average Bonchev–Trinajstić information content (AvgIpc) is 2.91. The fourth-order valence-corrected chi connectivity index (χ4v) is 2.92. The number of fused-ring (bicyclic) bond motifs is 1. The minimum absolute atomic E-state index is 0.0957. The summed E-state index contributed by atoms with van der Waals surface area (Å²) in [6.07, 6.45) is 0. The summed E-state index contributed by atoms with van der Waals surface area (Å²) < 4.78 is 21.1. The van der Waals surface area contributed by atoms with E-state index in [0.717, 1.165) is 11.3 Å². The monoisotopic (exact) mass is 277 g/mol. The second-order valence-corrected chi connectivity index (χ2v) is 6.07. The second kappa shape index (κ2) is 4.53. The molecular weight excluding hydrogens is 257 g/mol. The molecule has 2 aromatic rings.